The Balaban J connectivity index is 0.00000200. The Morgan fingerprint density at radius 2 is 2.10 bits per heavy atom. The predicted octanol–water partition coefficient (Wildman–Crippen LogP) is 1.29. The number of carbonyl (C=O) groups is 1. The number of sulfonamides is 1. The first-order valence-corrected chi connectivity index (χ1v) is 7.70. The Hall–Kier alpha value is -0.950. The van der Waals surface area contributed by atoms with Crippen LogP contribution in [0.15, 0.2) is 29.2 Å². The number of nitrogens with one attached hydrogen (secondary N) is 1. The fraction of sp³-hybridized carbons (Fsp3) is 0.462. The Labute approximate surface area is 125 Å². The van der Waals surface area contributed by atoms with Gasteiger partial charge in [0, 0.05) is 31.2 Å². The van der Waals surface area contributed by atoms with E-state index in [1.54, 1.807) is 12.1 Å². The van der Waals surface area contributed by atoms with E-state index in [1.165, 1.54) is 23.4 Å². The Morgan fingerprint density at radius 3 is 2.70 bits per heavy atom. The van der Waals surface area contributed by atoms with E-state index >= 15 is 0 Å². The van der Waals surface area contributed by atoms with Crippen LogP contribution in [0.2, 0.25) is 0 Å². The Morgan fingerprint density at radius 1 is 1.40 bits per heavy atom. The van der Waals surface area contributed by atoms with Crippen molar-refractivity contribution in [2.45, 2.75) is 24.8 Å². The summed E-state index contributed by atoms with van der Waals surface area (Å²) in [5.41, 5.74) is 0.421. The van der Waals surface area contributed by atoms with Crippen LogP contribution < -0.4 is 5.32 Å². The SMILES string of the molecule is CC(=O)c1cccc(S(=O)(=O)N2CCN[C@@H](C)C2)c1.Cl. The molecule has 1 aromatic carbocycles. The second-order valence-electron chi connectivity index (χ2n) is 4.80. The summed E-state index contributed by atoms with van der Waals surface area (Å²) in [7, 11) is -3.51. The number of hydrogen-bond acceptors (Lipinski definition) is 4. The van der Waals surface area contributed by atoms with Crippen LogP contribution in [-0.4, -0.2) is 44.2 Å². The molecule has 1 fully saturated rings. The molecule has 1 atom stereocenters. The molecule has 112 valence electrons. The van der Waals surface area contributed by atoms with Gasteiger partial charge in [0.05, 0.1) is 4.90 Å². The van der Waals surface area contributed by atoms with Crippen molar-refractivity contribution in [2.24, 2.45) is 0 Å². The van der Waals surface area contributed by atoms with Crippen molar-refractivity contribution in [2.75, 3.05) is 19.6 Å². The van der Waals surface area contributed by atoms with E-state index in [0.29, 0.717) is 25.2 Å². The molecule has 0 bridgehead atoms. The van der Waals surface area contributed by atoms with E-state index in [1.807, 2.05) is 6.92 Å². The van der Waals surface area contributed by atoms with Crippen molar-refractivity contribution in [3.63, 3.8) is 0 Å². The van der Waals surface area contributed by atoms with E-state index in [2.05, 4.69) is 5.32 Å². The van der Waals surface area contributed by atoms with Crippen LogP contribution in [0.3, 0.4) is 0 Å². The minimum Gasteiger partial charge on any atom is -0.312 e. The standard InChI is InChI=1S/C13H18N2O3S.ClH/c1-10-9-15(7-6-14-10)19(17,18)13-5-3-4-12(8-13)11(2)16;/h3-5,8,10,14H,6-7,9H2,1-2H3;1H/t10-;/m0./s1. The summed E-state index contributed by atoms with van der Waals surface area (Å²) in [5.74, 6) is -0.134. The molecule has 2 rings (SSSR count). The van der Waals surface area contributed by atoms with Crippen LogP contribution in [0.25, 0.3) is 0 Å². The molecule has 1 aliphatic rings. The molecule has 0 radical (unpaired) electrons. The maximum atomic E-state index is 12.5. The minimum atomic E-state index is -3.51. The van der Waals surface area contributed by atoms with Crippen molar-refractivity contribution >= 4 is 28.2 Å². The van der Waals surface area contributed by atoms with Gasteiger partial charge in [-0.25, -0.2) is 8.42 Å². The second-order valence-corrected chi connectivity index (χ2v) is 6.74. The van der Waals surface area contributed by atoms with E-state index in [9.17, 15) is 13.2 Å². The maximum Gasteiger partial charge on any atom is 0.243 e. The van der Waals surface area contributed by atoms with Gasteiger partial charge in [0.2, 0.25) is 10.0 Å². The van der Waals surface area contributed by atoms with Gasteiger partial charge >= 0.3 is 0 Å². The molecule has 1 saturated heterocycles. The molecule has 0 unspecified atom stereocenters. The molecule has 1 N–H and O–H groups in total. The highest BCUT2D eigenvalue weighted by atomic mass is 35.5. The largest absolute Gasteiger partial charge is 0.312 e. The van der Waals surface area contributed by atoms with E-state index in [0.717, 1.165) is 0 Å². The lowest BCUT2D eigenvalue weighted by Crippen LogP contribution is -2.51. The van der Waals surface area contributed by atoms with Gasteiger partial charge in [0.25, 0.3) is 0 Å². The van der Waals surface area contributed by atoms with Crippen LogP contribution in [0.1, 0.15) is 24.2 Å². The minimum absolute atomic E-state index is 0. The molecule has 7 heteroatoms. The normalized spacial score (nSPS) is 20.2. The molecule has 1 aromatic rings. The first kappa shape index (κ1) is 17.1. The number of nitrogens with zero attached hydrogens (tertiary/aromatic N) is 1. The van der Waals surface area contributed by atoms with Crippen molar-refractivity contribution in [3.8, 4) is 0 Å². The predicted molar refractivity (Wildman–Crippen MR) is 79.9 cm³/mol. The number of hydrogen-bond donors (Lipinski definition) is 1. The summed E-state index contributed by atoms with van der Waals surface area (Å²) in [6, 6.07) is 6.36. The van der Waals surface area contributed by atoms with Gasteiger partial charge in [0.15, 0.2) is 5.78 Å². The highest BCUT2D eigenvalue weighted by Gasteiger charge is 2.28. The number of ketones is 1. The molecule has 1 aliphatic heterocycles. The van der Waals surface area contributed by atoms with Crippen molar-refractivity contribution in [3.05, 3.63) is 29.8 Å². The zero-order valence-corrected chi connectivity index (χ0v) is 13.1. The van der Waals surface area contributed by atoms with Crippen LogP contribution in [0.5, 0.6) is 0 Å². The summed E-state index contributed by atoms with van der Waals surface area (Å²) in [6.45, 7) is 4.93. The topological polar surface area (TPSA) is 66.5 Å². The first-order chi connectivity index (χ1) is 8.91. The maximum absolute atomic E-state index is 12.5. The highest BCUT2D eigenvalue weighted by molar-refractivity contribution is 7.89. The summed E-state index contributed by atoms with van der Waals surface area (Å²) in [4.78, 5) is 11.5. The van der Waals surface area contributed by atoms with E-state index in [4.69, 9.17) is 0 Å². The van der Waals surface area contributed by atoms with Crippen LogP contribution >= 0.6 is 12.4 Å². The second kappa shape index (κ2) is 6.67. The lowest BCUT2D eigenvalue weighted by molar-refractivity contribution is 0.101. The molecule has 1 heterocycles. The summed E-state index contributed by atoms with van der Waals surface area (Å²) in [5, 5.41) is 3.20. The molecule has 0 spiro atoms. The first-order valence-electron chi connectivity index (χ1n) is 6.26. The fourth-order valence-corrected chi connectivity index (χ4v) is 3.72. The van der Waals surface area contributed by atoms with Gasteiger partial charge in [-0.3, -0.25) is 4.79 Å². The van der Waals surface area contributed by atoms with E-state index in [-0.39, 0.29) is 29.1 Å². The van der Waals surface area contributed by atoms with Crippen LogP contribution in [-0.2, 0) is 10.0 Å². The number of rotatable bonds is 3. The number of carbonyl (C=O) groups excluding carboxylic acids is 1. The number of Topliss-reactive ketones (excluding diaryl/α,β-unsaturated/α-hetero) is 1. The number of benzene rings is 1. The quantitative estimate of drug-likeness (QED) is 0.853. The lowest BCUT2D eigenvalue weighted by Gasteiger charge is -2.31. The van der Waals surface area contributed by atoms with Crippen molar-refractivity contribution < 1.29 is 13.2 Å². The van der Waals surface area contributed by atoms with Crippen LogP contribution in [0, 0.1) is 0 Å². The molecule has 0 aromatic heterocycles. The summed E-state index contributed by atoms with van der Waals surface area (Å²) >= 11 is 0. The van der Waals surface area contributed by atoms with Crippen molar-refractivity contribution in [1.82, 2.24) is 9.62 Å². The van der Waals surface area contributed by atoms with Gasteiger partial charge in [-0.2, -0.15) is 4.31 Å². The molecule has 0 amide bonds. The fourth-order valence-electron chi connectivity index (χ4n) is 2.14. The zero-order chi connectivity index (χ0) is 14.0. The number of piperazine rings is 1. The summed E-state index contributed by atoms with van der Waals surface area (Å²) in [6.07, 6.45) is 0. The van der Waals surface area contributed by atoms with Gasteiger partial charge < -0.3 is 5.32 Å². The van der Waals surface area contributed by atoms with Crippen molar-refractivity contribution in [1.29, 1.82) is 0 Å². The molecule has 0 aliphatic carbocycles. The van der Waals surface area contributed by atoms with Crippen LogP contribution in [0.4, 0.5) is 0 Å². The average Bonchev–Trinajstić information content (AvgIpc) is 2.39. The molecule has 0 saturated carbocycles. The Kier molecular flexibility index (Phi) is 5.70. The smallest absolute Gasteiger partial charge is 0.243 e. The third-order valence-electron chi connectivity index (χ3n) is 3.21. The van der Waals surface area contributed by atoms with Gasteiger partial charge in [-0.15, -0.1) is 12.4 Å². The lowest BCUT2D eigenvalue weighted by atomic mass is 10.2. The Bertz CT molecular complexity index is 589. The molecule has 5 nitrogen and oxygen atoms in total. The van der Waals surface area contributed by atoms with E-state index < -0.39 is 10.0 Å². The molecule has 20 heavy (non-hydrogen) atoms. The monoisotopic (exact) mass is 318 g/mol. The van der Waals surface area contributed by atoms with Gasteiger partial charge in [-0.05, 0) is 26.0 Å². The highest BCUT2D eigenvalue weighted by Crippen LogP contribution is 2.18. The third kappa shape index (κ3) is 3.58. The zero-order valence-electron chi connectivity index (χ0n) is 11.5. The number of halogens is 1. The summed E-state index contributed by atoms with van der Waals surface area (Å²) < 4.78 is 26.5. The molecular formula is C13H19ClN2O3S. The average molecular weight is 319 g/mol. The van der Waals surface area contributed by atoms with Gasteiger partial charge in [-0.1, -0.05) is 12.1 Å². The van der Waals surface area contributed by atoms with Gasteiger partial charge in [0.1, 0.15) is 0 Å². The third-order valence-corrected chi connectivity index (χ3v) is 5.07. The molecular weight excluding hydrogens is 300 g/mol.